The van der Waals surface area contributed by atoms with Crippen LogP contribution in [0.25, 0.3) is 16.8 Å². The van der Waals surface area contributed by atoms with Gasteiger partial charge in [-0.1, -0.05) is 54.6 Å². The normalized spacial score (nSPS) is 25.0. The zero-order valence-corrected chi connectivity index (χ0v) is 20.1. The number of imidazole rings is 1. The molecule has 1 amide bonds. The van der Waals surface area contributed by atoms with E-state index in [1.807, 2.05) is 33.7 Å². The molecule has 36 heavy (non-hydrogen) atoms. The van der Waals surface area contributed by atoms with Crippen LogP contribution in [-0.4, -0.2) is 44.2 Å². The van der Waals surface area contributed by atoms with Crippen molar-refractivity contribution in [1.29, 1.82) is 0 Å². The number of hydrogen-bond donors (Lipinski definition) is 1. The van der Waals surface area contributed by atoms with Crippen LogP contribution in [0.5, 0.6) is 0 Å². The first-order valence-corrected chi connectivity index (χ1v) is 12.9. The van der Waals surface area contributed by atoms with Gasteiger partial charge in [0.2, 0.25) is 0 Å². The average molecular weight is 480 g/mol. The molecular formula is C30H29N3O3. The van der Waals surface area contributed by atoms with E-state index in [9.17, 15) is 9.90 Å². The fourth-order valence-corrected chi connectivity index (χ4v) is 6.88. The summed E-state index contributed by atoms with van der Waals surface area (Å²) in [5, 5.41) is 11.8. The molecule has 3 aliphatic rings. The minimum atomic E-state index is -1.02. The molecule has 4 aromatic rings. The molecule has 1 N–H and O–H groups in total. The lowest BCUT2D eigenvalue weighted by atomic mass is 9.74. The summed E-state index contributed by atoms with van der Waals surface area (Å²) in [6.07, 6.45) is 7.28. The average Bonchev–Trinajstić information content (AvgIpc) is 3.47. The van der Waals surface area contributed by atoms with Crippen molar-refractivity contribution in [1.82, 2.24) is 14.3 Å². The fourth-order valence-electron chi connectivity index (χ4n) is 6.88. The Balaban J connectivity index is 1.12. The Labute approximate surface area is 210 Å². The van der Waals surface area contributed by atoms with Crippen LogP contribution < -0.4 is 0 Å². The predicted octanol–water partition coefficient (Wildman–Crippen LogP) is 5.49. The van der Waals surface area contributed by atoms with Gasteiger partial charge < -0.3 is 19.1 Å². The lowest BCUT2D eigenvalue weighted by molar-refractivity contribution is -0.0917. The molecule has 0 radical (unpaired) electrons. The first kappa shape index (κ1) is 21.6. The van der Waals surface area contributed by atoms with Gasteiger partial charge in [-0.15, -0.1) is 0 Å². The monoisotopic (exact) mass is 479 g/mol. The number of aliphatic hydroxyl groups is 1. The summed E-state index contributed by atoms with van der Waals surface area (Å²) < 4.78 is 8.00. The zero-order valence-electron chi connectivity index (χ0n) is 20.1. The van der Waals surface area contributed by atoms with E-state index in [1.165, 1.54) is 22.3 Å². The minimum absolute atomic E-state index is 0.0427. The van der Waals surface area contributed by atoms with Crippen LogP contribution in [0, 0.1) is 0 Å². The Hall–Kier alpha value is -3.64. The molecule has 2 aromatic heterocycles. The minimum Gasteiger partial charge on any atom is -0.448 e. The molecule has 4 heterocycles. The molecule has 182 valence electrons. The second-order valence-electron chi connectivity index (χ2n) is 10.5. The van der Waals surface area contributed by atoms with E-state index in [1.54, 1.807) is 6.20 Å². The van der Waals surface area contributed by atoms with Crippen molar-refractivity contribution < 1.29 is 14.6 Å². The Morgan fingerprint density at radius 2 is 1.58 bits per heavy atom. The number of aromatic nitrogens is 2. The second-order valence-corrected chi connectivity index (χ2v) is 10.5. The Morgan fingerprint density at radius 1 is 0.944 bits per heavy atom. The lowest BCUT2D eigenvalue weighted by Gasteiger charge is -2.51. The molecule has 0 saturated carbocycles. The quantitative estimate of drug-likeness (QED) is 0.422. The summed E-state index contributed by atoms with van der Waals surface area (Å²) in [4.78, 5) is 19.9. The van der Waals surface area contributed by atoms with E-state index in [2.05, 4.69) is 53.5 Å². The highest BCUT2D eigenvalue weighted by molar-refractivity contribution is 5.79. The highest BCUT2D eigenvalue weighted by Crippen LogP contribution is 2.46. The molecule has 2 atom stereocenters. The number of rotatable bonds is 3. The van der Waals surface area contributed by atoms with Gasteiger partial charge in [-0.3, -0.25) is 0 Å². The lowest BCUT2D eigenvalue weighted by Crippen LogP contribution is -2.59. The largest absolute Gasteiger partial charge is 0.448 e. The first-order chi connectivity index (χ1) is 17.6. The smallest absolute Gasteiger partial charge is 0.410 e. The molecule has 6 heteroatoms. The fraction of sp³-hybridized carbons (Fsp3) is 0.333. The van der Waals surface area contributed by atoms with Crippen LogP contribution in [0.4, 0.5) is 4.79 Å². The maximum Gasteiger partial charge on any atom is 0.410 e. The Bertz CT molecular complexity index is 1400. The van der Waals surface area contributed by atoms with E-state index in [0.29, 0.717) is 19.4 Å². The van der Waals surface area contributed by atoms with E-state index in [4.69, 9.17) is 4.74 Å². The molecule has 2 bridgehead atoms. The van der Waals surface area contributed by atoms with Crippen LogP contribution in [0.1, 0.15) is 54.8 Å². The maximum absolute atomic E-state index is 13.5. The molecule has 0 spiro atoms. The van der Waals surface area contributed by atoms with Crippen molar-refractivity contribution in [3.8, 4) is 11.1 Å². The van der Waals surface area contributed by atoms with E-state index < -0.39 is 5.60 Å². The zero-order chi connectivity index (χ0) is 24.3. The third kappa shape index (κ3) is 3.28. The standard InChI is InChI=1S/C30H29N3O3/c34-29(36-19-26-24-12-3-1-10-22(24)23-11-2-4-13-25(23)26)33-20-8-7-9-21(33)17-30(35,16-20)27-18-31-28-14-5-6-15-32(27)28/h1-6,10-15,18,20-21,26,35H,7-9,16-17,19H2. The SMILES string of the molecule is O=C(OCC1c2ccccc2-c2ccccc21)N1C2CCCC1CC(O)(c1cnc3ccccn13)C2. The molecule has 2 aromatic carbocycles. The number of pyridine rings is 1. The second kappa shape index (κ2) is 8.20. The predicted molar refractivity (Wildman–Crippen MR) is 137 cm³/mol. The number of carbonyl (C=O) groups excluding carboxylic acids is 1. The highest BCUT2D eigenvalue weighted by Gasteiger charge is 2.50. The van der Waals surface area contributed by atoms with Crippen molar-refractivity contribution in [3.05, 3.63) is 95.9 Å². The molecule has 2 fully saturated rings. The topological polar surface area (TPSA) is 67.1 Å². The third-order valence-corrected chi connectivity index (χ3v) is 8.45. The van der Waals surface area contributed by atoms with Gasteiger partial charge in [-0.25, -0.2) is 9.78 Å². The molecule has 6 nitrogen and oxygen atoms in total. The van der Waals surface area contributed by atoms with Gasteiger partial charge in [0.05, 0.1) is 11.9 Å². The summed E-state index contributed by atoms with van der Waals surface area (Å²) in [6.45, 7) is 0.320. The van der Waals surface area contributed by atoms with E-state index >= 15 is 0 Å². The third-order valence-electron chi connectivity index (χ3n) is 8.45. The number of fused-ring (bicyclic) bond motifs is 6. The number of nitrogens with zero attached hydrogens (tertiary/aromatic N) is 3. The van der Waals surface area contributed by atoms with Crippen molar-refractivity contribution in [2.24, 2.45) is 0 Å². The van der Waals surface area contributed by atoms with Crippen LogP contribution >= 0.6 is 0 Å². The number of amides is 1. The Kier molecular flexibility index (Phi) is 4.93. The number of benzene rings is 2. The molecule has 7 rings (SSSR count). The Morgan fingerprint density at radius 3 is 2.28 bits per heavy atom. The molecule has 1 aliphatic carbocycles. The van der Waals surface area contributed by atoms with Crippen molar-refractivity contribution in [2.45, 2.75) is 55.7 Å². The van der Waals surface area contributed by atoms with Gasteiger partial charge in [0, 0.05) is 37.0 Å². The summed E-state index contributed by atoms with van der Waals surface area (Å²) in [6, 6.07) is 22.5. The van der Waals surface area contributed by atoms with Crippen molar-refractivity contribution in [3.63, 3.8) is 0 Å². The first-order valence-electron chi connectivity index (χ1n) is 12.9. The van der Waals surface area contributed by atoms with Gasteiger partial charge in [0.25, 0.3) is 0 Å². The molecular weight excluding hydrogens is 450 g/mol. The van der Waals surface area contributed by atoms with Gasteiger partial charge in [-0.2, -0.15) is 0 Å². The number of ether oxygens (including phenoxy) is 1. The highest BCUT2D eigenvalue weighted by atomic mass is 16.6. The summed E-state index contributed by atoms with van der Waals surface area (Å²) in [5.41, 5.74) is 5.49. The van der Waals surface area contributed by atoms with Crippen LogP contribution in [0.15, 0.2) is 79.1 Å². The van der Waals surface area contributed by atoms with Crippen LogP contribution in [0.3, 0.4) is 0 Å². The summed E-state index contributed by atoms with van der Waals surface area (Å²) in [5.74, 6) is 0.0427. The van der Waals surface area contributed by atoms with Gasteiger partial charge in [0.1, 0.15) is 17.9 Å². The summed E-state index contributed by atoms with van der Waals surface area (Å²) in [7, 11) is 0. The van der Waals surface area contributed by atoms with Crippen molar-refractivity contribution >= 4 is 11.7 Å². The number of carbonyl (C=O) groups is 1. The van der Waals surface area contributed by atoms with Gasteiger partial charge >= 0.3 is 6.09 Å². The maximum atomic E-state index is 13.5. The van der Waals surface area contributed by atoms with Crippen LogP contribution in [-0.2, 0) is 10.3 Å². The molecule has 2 aliphatic heterocycles. The van der Waals surface area contributed by atoms with E-state index in [-0.39, 0.29) is 24.1 Å². The number of hydrogen-bond acceptors (Lipinski definition) is 4. The van der Waals surface area contributed by atoms with Crippen molar-refractivity contribution in [2.75, 3.05) is 6.61 Å². The molecule has 2 saturated heterocycles. The molecule has 2 unspecified atom stereocenters. The van der Waals surface area contributed by atoms with Crippen LogP contribution in [0.2, 0.25) is 0 Å². The summed E-state index contributed by atoms with van der Waals surface area (Å²) >= 11 is 0. The van der Waals surface area contributed by atoms with Gasteiger partial charge in [0.15, 0.2) is 0 Å². The number of piperidine rings is 2. The van der Waals surface area contributed by atoms with Gasteiger partial charge in [-0.05, 0) is 53.6 Å². The van der Waals surface area contributed by atoms with E-state index in [0.717, 1.165) is 30.6 Å².